The van der Waals surface area contributed by atoms with E-state index in [0.29, 0.717) is 13.1 Å². The molecule has 1 aliphatic heterocycles. The molecule has 3 heteroatoms. The average molecular weight is 133 g/mol. The van der Waals surface area contributed by atoms with E-state index in [1.165, 1.54) is 0 Å². The van der Waals surface area contributed by atoms with E-state index in [0.717, 1.165) is 0 Å². The molecule has 0 amide bonds. The Hall–Kier alpha value is -0.150. The van der Waals surface area contributed by atoms with Crippen molar-refractivity contribution < 1.29 is 9.50 Å². The third-order valence-corrected chi connectivity index (χ3v) is 1.73. The van der Waals surface area contributed by atoms with Crippen LogP contribution in [-0.4, -0.2) is 30.5 Å². The number of nitrogens with one attached hydrogen (secondary N) is 1. The number of aliphatic hydroxyl groups excluding tert-OH is 1. The van der Waals surface area contributed by atoms with Crippen molar-refractivity contribution in [1.29, 1.82) is 0 Å². The fourth-order valence-corrected chi connectivity index (χ4v) is 1.06. The monoisotopic (exact) mass is 133 g/mol. The highest BCUT2D eigenvalue weighted by Gasteiger charge is 2.28. The predicted molar refractivity (Wildman–Crippen MR) is 32.9 cm³/mol. The summed E-state index contributed by atoms with van der Waals surface area (Å²) in [6, 6.07) is 0. The third-order valence-electron chi connectivity index (χ3n) is 1.73. The zero-order valence-electron chi connectivity index (χ0n) is 5.47. The molecule has 0 aliphatic carbocycles. The Bertz CT molecular complexity index is 89.1. The van der Waals surface area contributed by atoms with E-state index in [1.807, 2.05) is 0 Å². The van der Waals surface area contributed by atoms with Gasteiger partial charge in [0.25, 0.3) is 0 Å². The lowest BCUT2D eigenvalue weighted by molar-refractivity contribution is 0.0247. The topological polar surface area (TPSA) is 32.3 Å². The molecule has 2 N–H and O–H groups in total. The van der Waals surface area contributed by atoms with Crippen LogP contribution in [0.3, 0.4) is 0 Å². The summed E-state index contributed by atoms with van der Waals surface area (Å²) in [4.78, 5) is 0. The van der Waals surface area contributed by atoms with Gasteiger partial charge in [0.2, 0.25) is 0 Å². The number of aliphatic hydroxyl groups is 1. The van der Waals surface area contributed by atoms with E-state index >= 15 is 0 Å². The van der Waals surface area contributed by atoms with Gasteiger partial charge in [0.05, 0.1) is 6.10 Å². The Labute approximate surface area is 54.1 Å². The molecule has 9 heavy (non-hydrogen) atoms. The third kappa shape index (κ3) is 1.40. The van der Waals surface area contributed by atoms with Crippen molar-refractivity contribution in [3.05, 3.63) is 0 Å². The number of rotatable bonds is 0. The molecule has 3 unspecified atom stereocenters. The van der Waals surface area contributed by atoms with E-state index in [-0.39, 0.29) is 5.92 Å². The van der Waals surface area contributed by atoms with Crippen LogP contribution in [0.25, 0.3) is 0 Å². The molecule has 3 atom stereocenters. The van der Waals surface area contributed by atoms with Crippen LogP contribution in [0.15, 0.2) is 0 Å². The first-order chi connectivity index (χ1) is 4.22. The van der Waals surface area contributed by atoms with Crippen LogP contribution in [0, 0.1) is 5.92 Å². The number of hydrogen-bond acceptors (Lipinski definition) is 2. The Morgan fingerprint density at radius 1 is 1.56 bits per heavy atom. The normalized spacial score (nSPS) is 45.0. The molecule has 0 saturated carbocycles. The summed E-state index contributed by atoms with van der Waals surface area (Å²) >= 11 is 0. The van der Waals surface area contributed by atoms with Crippen LogP contribution in [-0.2, 0) is 0 Å². The number of halogens is 1. The van der Waals surface area contributed by atoms with Crippen molar-refractivity contribution in [2.24, 2.45) is 5.92 Å². The summed E-state index contributed by atoms with van der Waals surface area (Å²) in [5.74, 6) is -0.0475. The Morgan fingerprint density at radius 3 is 2.67 bits per heavy atom. The first kappa shape index (κ1) is 6.96. The predicted octanol–water partition coefficient (Wildman–Crippen LogP) is -0.0753. The molecule has 0 aromatic heterocycles. The largest absolute Gasteiger partial charge is 0.389 e. The lowest BCUT2D eigenvalue weighted by Crippen LogP contribution is -2.47. The molecule has 1 rings (SSSR count). The van der Waals surface area contributed by atoms with Gasteiger partial charge >= 0.3 is 0 Å². The maximum Gasteiger partial charge on any atom is 0.131 e. The van der Waals surface area contributed by atoms with Gasteiger partial charge < -0.3 is 10.4 Å². The summed E-state index contributed by atoms with van der Waals surface area (Å²) in [7, 11) is 0. The highest BCUT2D eigenvalue weighted by Crippen LogP contribution is 2.13. The molecule has 0 aromatic carbocycles. The van der Waals surface area contributed by atoms with Gasteiger partial charge in [-0.2, -0.15) is 0 Å². The summed E-state index contributed by atoms with van der Waals surface area (Å²) in [6.45, 7) is 2.86. The lowest BCUT2D eigenvalue weighted by atomic mass is 9.98. The molecule has 1 saturated heterocycles. The van der Waals surface area contributed by atoms with Crippen LogP contribution in [0.4, 0.5) is 4.39 Å². The lowest BCUT2D eigenvalue weighted by Gasteiger charge is -2.27. The van der Waals surface area contributed by atoms with Crippen LogP contribution in [0.2, 0.25) is 0 Å². The van der Waals surface area contributed by atoms with Crippen LogP contribution in [0.1, 0.15) is 6.92 Å². The Balaban J connectivity index is 2.41. The Kier molecular flexibility index (Phi) is 2.03. The molecule has 0 radical (unpaired) electrons. The van der Waals surface area contributed by atoms with Crippen molar-refractivity contribution in [2.45, 2.75) is 19.2 Å². The molecular formula is C6H12FNO. The molecule has 0 bridgehead atoms. The molecule has 1 heterocycles. The van der Waals surface area contributed by atoms with E-state index in [1.54, 1.807) is 6.92 Å². The fourth-order valence-electron chi connectivity index (χ4n) is 1.06. The van der Waals surface area contributed by atoms with Gasteiger partial charge in [-0.3, -0.25) is 0 Å². The number of hydrogen-bond donors (Lipinski definition) is 2. The van der Waals surface area contributed by atoms with Gasteiger partial charge in [0.1, 0.15) is 6.17 Å². The van der Waals surface area contributed by atoms with Crippen LogP contribution < -0.4 is 5.32 Å². The second-order valence-electron chi connectivity index (χ2n) is 2.65. The zero-order valence-corrected chi connectivity index (χ0v) is 5.47. The van der Waals surface area contributed by atoms with Gasteiger partial charge in [-0.25, -0.2) is 4.39 Å². The minimum Gasteiger partial charge on any atom is -0.389 e. The average Bonchev–Trinajstić information content (AvgIpc) is 1.83. The maximum atomic E-state index is 12.7. The number of alkyl halides is 1. The SMILES string of the molecule is CC1CNCC(O)C1F. The number of piperidine rings is 1. The van der Waals surface area contributed by atoms with E-state index in [2.05, 4.69) is 5.32 Å². The first-order valence-electron chi connectivity index (χ1n) is 3.24. The smallest absolute Gasteiger partial charge is 0.131 e. The highest BCUT2D eigenvalue weighted by molar-refractivity contribution is 4.81. The minimum atomic E-state index is -1.04. The summed E-state index contributed by atoms with van der Waals surface area (Å²) < 4.78 is 12.7. The van der Waals surface area contributed by atoms with E-state index in [9.17, 15) is 4.39 Å². The summed E-state index contributed by atoms with van der Waals surface area (Å²) in [5.41, 5.74) is 0. The Morgan fingerprint density at radius 2 is 2.22 bits per heavy atom. The second-order valence-corrected chi connectivity index (χ2v) is 2.65. The molecule has 54 valence electrons. The molecule has 2 nitrogen and oxygen atoms in total. The zero-order chi connectivity index (χ0) is 6.85. The van der Waals surface area contributed by atoms with Gasteiger partial charge in [-0.05, 0) is 0 Å². The van der Waals surface area contributed by atoms with Crippen molar-refractivity contribution in [3.63, 3.8) is 0 Å². The van der Waals surface area contributed by atoms with Gasteiger partial charge in [-0.15, -0.1) is 0 Å². The first-order valence-corrected chi connectivity index (χ1v) is 3.24. The quantitative estimate of drug-likeness (QED) is 0.484. The maximum absolute atomic E-state index is 12.7. The van der Waals surface area contributed by atoms with Gasteiger partial charge in [0, 0.05) is 19.0 Å². The molecule has 1 aliphatic rings. The molecule has 0 aromatic rings. The molecular weight excluding hydrogens is 121 g/mol. The molecule has 0 spiro atoms. The fraction of sp³-hybridized carbons (Fsp3) is 1.00. The summed E-state index contributed by atoms with van der Waals surface area (Å²) in [6.07, 6.45) is -1.83. The van der Waals surface area contributed by atoms with Crippen LogP contribution in [0.5, 0.6) is 0 Å². The van der Waals surface area contributed by atoms with E-state index in [4.69, 9.17) is 5.11 Å². The van der Waals surface area contributed by atoms with Crippen molar-refractivity contribution in [2.75, 3.05) is 13.1 Å². The van der Waals surface area contributed by atoms with Crippen LogP contribution >= 0.6 is 0 Å². The highest BCUT2D eigenvalue weighted by atomic mass is 19.1. The minimum absolute atomic E-state index is 0.0475. The second kappa shape index (κ2) is 2.62. The van der Waals surface area contributed by atoms with Gasteiger partial charge in [0.15, 0.2) is 0 Å². The standard InChI is InChI=1S/C6H12FNO/c1-4-2-8-3-5(9)6(4)7/h4-6,8-9H,2-3H2,1H3. The van der Waals surface area contributed by atoms with Crippen molar-refractivity contribution in [1.82, 2.24) is 5.32 Å². The van der Waals surface area contributed by atoms with Crippen molar-refractivity contribution in [3.8, 4) is 0 Å². The van der Waals surface area contributed by atoms with E-state index < -0.39 is 12.3 Å². The summed E-state index contributed by atoms with van der Waals surface area (Å²) in [5, 5.41) is 11.8. The van der Waals surface area contributed by atoms with Gasteiger partial charge in [-0.1, -0.05) is 6.92 Å². The molecule has 1 fully saturated rings. The van der Waals surface area contributed by atoms with Crippen molar-refractivity contribution >= 4 is 0 Å². The number of β-amino-alcohol motifs (C(OH)–C–C–N with tert-alkyl or cyclic N) is 1.